The molecule has 26 heavy (non-hydrogen) atoms. The van der Waals surface area contributed by atoms with Crippen LogP contribution < -0.4 is 10.6 Å². The monoisotopic (exact) mass is 350 g/mol. The molecule has 3 N–H and O–H groups in total. The first-order chi connectivity index (χ1) is 12.8. The van der Waals surface area contributed by atoms with E-state index in [2.05, 4.69) is 20.8 Å². The van der Waals surface area contributed by atoms with Gasteiger partial charge in [0.15, 0.2) is 0 Å². The molecule has 2 aromatic carbocycles. The minimum absolute atomic E-state index is 0.122. The molecule has 0 saturated carbocycles. The summed E-state index contributed by atoms with van der Waals surface area (Å²) >= 11 is 0. The number of fused-ring (bicyclic) bond motifs is 1. The molecule has 0 radical (unpaired) electrons. The highest BCUT2D eigenvalue weighted by atomic mass is 16.5. The number of ether oxygens (including phenoxy) is 1. The summed E-state index contributed by atoms with van der Waals surface area (Å²) in [4.78, 5) is 12.8. The zero-order chi connectivity index (χ0) is 17.8. The van der Waals surface area contributed by atoms with Gasteiger partial charge in [-0.2, -0.15) is 5.10 Å². The molecule has 0 aliphatic carbocycles. The Hall–Kier alpha value is -2.86. The molecule has 1 saturated heterocycles. The Kier molecular flexibility index (Phi) is 4.84. The van der Waals surface area contributed by atoms with Crippen LogP contribution in [0.2, 0.25) is 0 Å². The minimum Gasteiger partial charge on any atom is -0.384 e. The van der Waals surface area contributed by atoms with Crippen molar-refractivity contribution in [2.24, 2.45) is 5.92 Å². The predicted octanol–water partition coefficient (Wildman–Crippen LogP) is 3.65. The number of nitrogens with zero attached hydrogens (tertiary/aromatic N) is 1. The van der Waals surface area contributed by atoms with Gasteiger partial charge in [-0.25, -0.2) is 0 Å². The van der Waals surface area contributed by atoms with Crippen LogP contribution in [0.1, 0.15) is 23.2 Å². The third-order valence-corrected chi connectivity index (χ3v) is 4.79. The second kappa shape index (κ2) is 7.58. The van der Waals surface area contributed by atoms with Gasteiger partial charge in [0.25, 0.3) is 5.91 Å². The average Bonchev–Trinajstić information content (AvgIpc) is 3.15. The zero-order valence-corrected chi connectivity index (χ0v) is 14.5. The molecule has 0 atom stereocenters. The summed E-state index contributed by atoms with van der Waals surface area (Å²) in [6.07, 6.45) is 3.87. The van der Waals surface area contributed by atoms with Crippen LogP contribution in [0.5, 0.6) is 0 Å². The van der Waals surface area contributed by atoms with Gasteiger partial charge in [-0.3, -0.25) is 9.89 Å². The number of hydrogen-bond acceptors (Lipinski definition) is 4. The number of para-hydroxylation sites is 1. The maximum atomic E-state index is 12.8. The van der Waals surface area contributed by atoms with E-state index >= 15 is 0 Å². The quantitative estimate of drug-likeness (QED) is 0.656. The van der Waals surface area contributed by atoms with Crippen LogP contribution in [-0.2, 0) is 4.74 Å². The van der Waals surface area contributed by atoms with Crippen LogP contribution in [0.15, 0.2) is 48.7 Å². The number of anilines is 2. The first kappa shape index (κ1) is 16.6. The molecule has 0 bridgehead atoms. The first-order valence-electron chi connectivity index (χ1n) is 8.95. The van der Waals surface area contributed by atoms with Gasteiger partial charge in [-0.15, -0.1) is 0 Å². The second-order valence-electron chi connectivity index (χ2n) is 6.61. The van der Waals surface area contributed by atoms with E-state index in [9.17, 15) is 4.79 Å². The van der Waals surface area contributed by atoms with Crippen LogP contribution in [-0.4, -0.2) is 35.9 Å². The summed E-state index contributed by atoms with van der Waals surface area (Å²) in [5.41, 5.74) is 3.21. The molecule has 0 spiro atoms. The number of carbonyl (C=O) groups excluding carboxylic acids is 1. The molecule has 134 valence electrons. The molecule has 1 aromatic heterocycles. The Morgan fingerprint density at radius 2 is 2.04 bits per heavy atom. The van der Waals surface area contributed by atoms with Crippen LogP contribution in [0.25, 0.3) is 10.9 Å². The average molecular weight is 350 g/mol. The number of amides is 1. The van der Waals surface area contributed by atoms with Crippen molar-refractivity contribution in [1.29, 1.82) is 0 Å². The molecule has 6 nitrogen and oxygen atoms in total. The number of nitrogens with one attached hydrogen (secondary N) is 3. The number of carbonyl (C=O) groups is 1. The molecule has 0 unspecified atom stereocenters. The van der Waals surface area contributed by atoms with E-state index in [0.29, 0.717) is 11.5 Å². The molecule has 1 aliphatic rings. The summed E-state index contributed by atoms with van der Waals surface area (Å²) in [5, 5.41) is 14.3. The van der Waals surface area contributed by atoms with Crippen molar-refractivity contribution >= 4 is 28.2 Å². The Balaban J connectivity index is 1.46. The predicted molar refractivity (Wildman–Crippen MR) is 103 cm³/mol. The first-order valence-corrected chi connectivity index (χ1v) is 8.95. The number of aromatic nitrogens is 2. The molecular weight excluding hydrogens is 328 g/mol. The van der Waals surface area contributed by atoms with Gasteiger partial charge >= 0.3 is 0 Å². The standard InChI is InChI=1S/C20H22N4O2/c25-20(23-16-5-6-18-15(11-16)13-22-24-18)17-3-1-2-4-19(17)21-12-14-7-9-26-10-8-14/h1-6,11,13-14,21H,7-10,12H2,(H,22,24)(H,23,25). The lowest BCUT2D eigenvalue weighted by Gasteiger charge is -2.23. The largest absolute Gasteiger partial charge is 0.384 e. The highest BCUT2D eigenvalue weighted by Gasteiger charge is 2.16. The number of aromatic amines is 1. The fourth-order valence-electron chi connectivity index (χ4n) is 3.26. The number of benzene rings is 2. The van der Waals surface area contributed by atoms with Crippen molar-refractivity contribution in [3.63, 3.8) is 0 Å². The van der Waals surface area contributed by atoms with E-state index < -0.39 is 0 Å². The Labute approximate surface area is 151 Å². The topological polar surface area (TPSA) is 79.0 Å². The molecule has 1 fully saturated rings. The van der Waals surface area contributed by atoms with E-state index in [0.717, 1.165) is 54.9 Å². The maximum Gasteiger partial charge on any atom is 0.257 e. The van der Waals surface area contributed by atoms with E-state index in [1.54, 1.807) is 6.20 Å². The smallest absolute Gasteiger partial charge is 0.257 e. The van der Waals surface area contributed by atoms with Gasteiger partial charge in [0.2, 0.25) is 0 Å². The Morgan fingerprint density at radius 1 is 1.19 bits per heavy atom. The SMILES string of the molecule is O=C(Nc1ccc2[nH]ncc2c1)c1ccccc1NCC1CCOCC1. The van der Waals surface area contributed by atoms with Gasteiger partial charge < -0.3 is 15.4 Å². The normalized spacial score (nSPS) is 15.1. The summed E-state index contributed by atoms with van der Waals surface area (Å²) in [6.45, 7) is 2.50. The van der Waals surface area contributed by atoms with Gasteiger partial charge in [0.1, 0.15) is 0 Å². The number of rotatable bonds is 5. The van der Waals surface area contributed by atoms with E-state index in [1.165, 1.54) is 0 Å². The van der Waals surface area contributed by atoms with E-state index in [-0.39, 0.29) is 5.91 Å². The Morgan fingerprint density at radius 3 is 2.92 bits per heavy atom. The van der Waals surface area contributed by atoms with Crippen LogP contribution in [0.3, 0.4) is 0 Å². The fourth-order valence-corrected chi connectivity index (χ4v) is 3.26. The molecule has 1 aliphatic heterocycles. The molecule has 1 amide bonds. The lowest BCUT2D eigenvalue weighted by Crippen LogP contribution is -2.23. The lowest BCUT2D eigenvalue weighted by molar-refractivity contribution is 0.0699. The molecular formula is C20H22N4O2. The fraction of sp³-hybridized carbons (Fsp3) is 0.300. The molecule has 2 heterocycles. The third-order valence-electron chi connectivity index (χ3n) is 4.79. The summed E-state index contributed by atoms with van der Waals surface area (Å²) in [5.74, 6) is 0.464. The van der Waals surface area contributed by atoms with E-state index in [4.69, 9.17) is 4.74 Å². The van der Waals surface area contributed by atoms with Gasteiger partial charge in [0, 0.05) is 36.5 Å². The number of H-pyrrole nitrogens is 1. The van der Waals surface area contributed by atoms with Crippen LogP contribution in [0, 0.1) is 5.92 Å². The van der Waals surface area contributed by atoms with Gasteiger partial charge in [-0.1, -0.05) is 12.1 Å². The van der Waals surface area contributed by atoms with Gasteiger partial charge in [0.05, 0.1) is 17.3 Å². The molecule has 4 rings (SSSR count). The minimum atomic E-state index is -0.122. The highest BCUT2D eigenvalue weighted by Crippen LogP contribution is 2.22. The Bertz CT molecular complexity index is 899. The van der Waals surface area contributed by atoms with Crippen molar-refractivity contribution in [2.45, 2.75) is 12.8 Å². The third kappa shape index (κ3) is 3.70. The highest BCUT2D eigenvalue weighted by molar-refractivity contribution is 6.08. The molecule has 6 heteroatoms. The van der Waals surface area contributed by atoms with Crippen molar-refractivity contribution in [3.05, 3.63) is 54.2 Å². The van der Waals surface area contributed by atoms with Crippen molar-refractivity contribution in [1.82, 2.24) is 10.2 Å². The van der Waals surface area contributed by atoms with Crippen LogP contribution in [0.4, 0.5) is 11.4 Å². The van der Waals surface area contributed by atoms with Crippen LogP contribution >= 0.6 is 0 Å². The van der Waals surface area contributed by atoms with Gasteiger partial charge in [-0.05, 0) is 49.1 Å². The summed E-state index contributed by atoms with van der Waals surface area (Å²) < 4.78 is 5.41. The van der Waals surface area contributed by atoms with Crippen molar-refractivity contribution in [3.8, 4) is 0 Å². The maximum absolute atomic E-state index is 12.8. The van der Waals surface area contributed by atoms with E-state index in [1.807, 2.05) is 42.5 Å². The number of hydrogen-bond donors (Lipinski definition) is 3. The summed E-state index contributed by atoms with van der Waals surface area (Å²) in [6, 6.07) is 13.3. The zero-order valence-electron chi connectivity index (χ0n) is 14.5. The summed E-state index contributed by atoms with van der Waals surface area (Å²) in [7, 11) is 0. The lowest BCUT2D eigenvalue weighted by atomic mass is 10.00. The molecule has 3 aromatic rings. The van der Waals surface area contributed by atoms with Crippen molar-refractivity contribution < 1.29 is 9.53 Å². The van der Waals surface area contributed by atoms with Crippen molar-refractivity contribution in [2.75, 3.05) is 30.4 Å². The second-order valence-corrected chi connectivity index (χ2v) is 6.61.